The van der Waals surface area contributed by atoms with Crippen LogP contribution in [-0.2, 0) is 28.6 Å². The summed E-state index contributed by atoms with van der Waals surface area (Å²) in [5.41, 5.74) is 0. The van der Waals surface area contributed by atoms with Gasteiger partial charge < -0.3 is 14.2 Å². The minimum atomic E-state index is -0.796. The lowest BCUT2D eigenvalue weighted by Gasteiger charge is -2.18. The van der Waals surface area contributed by atoms with E-state index in [9.17, 15) is 14.4 Å². The smallest absolute Gasteiger partial charge is 0.306 e. The van der Waals surface area contributed by atoms with Gasteiger partial charge in [-0.15, -0.1) is 0 Å². The third-order valence-electron chi connectivity index (χ3n) is 12.1. The third kappa shape index (κ3) is 53.5. The highest BCUT2D eigenvalue weighted by Crippen LogP contribution is 2.15. The molecule has 0 amide bonds. The van der Waals surface area contributed by atoms with Gasteiger partial charge in [-0.05, 0) is 116 Å². The van der Waals surface area contributed by atoms with Crippen LogP contribution in [0.25, 0.3) is 0 Å². The Balaban J connectivity index is 4.45. The minimum Gasteiger partial charge on any atom is -0.462 e. The number of esters is 3. The van der Waals surface area contributed by atoms with E-state index in [0.29, 0.717) is 19.3 Å². The largest absolute Gasteiger partial charge is 0.462 e. The molecule has 0 aliphatic heterocycles. The van der Waals surface area contributed by atoms with Crippen LogP contribution in [0, 0.1) is 0 Å². The molecule has 68 heavy (non-hydrogen) atoms. The number of hydrogen-bond donors (Lipinski definition) is 0. The summed E-state index contributed by atoms with van der Waals surface area (Å²) in [6, 6.07) is 0. The lowest BCUT2D eigenvalue weighted by Crippen LogP contribution is -2.30. The molecular formula is C62H106O6. The molecule has 0 fully saturated rings. The van der Waals surface area contributed by atoms with Crippen LogP contribution in [0.3, 0.4) is 0 Å². The molecule has 1 unspecified atom stereocenters. The molecule has 0 saturated carbocycles. The van der Waals surface area contributed by atoms with Crippen LogP contribution in [-0.4, -0.2) is 37.2 Å². The third-order valence-corrected chi connectivity index (χ3v) is 12.1. The van der Waals surface area contributed by atoms with Gasteiger partial charge in [0.25, 0.3) is 0 Å². The maximum Gasteiger partial charge on any atom is 0.306 e. The molecule has 0 aliphatic carbocycles. The zero-order valence-electron chi connectivity index (χ0n) is 44.6. The minimum absolute atomic E-state index is 0.0926. The Morgan fingerprint density at radius 3 is 0.956 bits per heavy atom. The molecule has 0 radical (unpaired) electrons. The van der Waals surface area contributed by atoms with Gasteiger partial charge in [0.1, 0.15) is 13.2 Å². The maximum atomic E-state index is 12.9. The molecule has 0 bridgehead atoms. The summed E-state index contributed by atoms with van der Waals surface area (Å²) in [6.07, 6.45) is 72.8. The van der Waals surface area contributed by atoms with E-state index in [-0.39, 0.29) is 31.1 Å². The molecule has 0 aromatic rings. The summed E-state index contributed by atoms with van der Waals surface area (Å²) in [4.78, 5) is 38.2. The van der Waals surface area contributed by atoms with Gasteiger partial charge in [-0.25, -0.2) is 0 Å². The number of rotatable bonds is 51. The van der Waals surface area contributed by atoms with Crippen molar-refractivity contribution in [2.45, 2.75) is 277 Å². The first-order chi connectivity index (χ1) is 33.5. The number of ether oxygens (including phenoxy) is 3. The van der Waals surface area contributed by atoms with Gasteiger partial charge in [0.2, 0.25) is 0 Å². The second kappa shape index (κ2) is 56.2. The molecule has 1 atom stereocenters. The fourth-order valence-electron chi connectivity index (χ4n) is 7.81. The van der Waals surface area contributed by atoms with Gasteiger partial charge in [-0.3, -0.25) is 14.4 Å². The van der Waals surface area contributed by atoms with Crippen LogP contribution in [0.1, 0.15) is 271 Å². The molecule has 6 heteroatoms. The fraction of sp³-hybridized carbons (Fsp3) is 0.726. The first-order valence-electron chi connectivity index (χ1n) is 28.6. The highest BCUT2D eigenvalue weighted by atomic mass is 16.6. The quantitative estimate of drug-likeness (QED) is 0.0262. The van der Waals surface area contributed by atoms with Gasteiger partial charge >= 0.3 is 17.9 Å². The van der Waals surface area contributed by atoms with E-state index in [2.05, 4.69) is 106 Å². The number of allylic oxidation sites excluding steroid dienone is 14. The Bertz CT molecular complexity index is 1320. The molecule has 0 N–H and O–H groups in total. The van der Waals surface area contributed by atoms with Crippen molar-refractivity contribution in [1.82, 2.24) is 0 Å². The van der Waals surface area contributed by atoms with Crippen molar-refractivity contribution in [3.8, 4) is 0 Å². The number of hydrogen-bond acceptors (Lipinski definition) is 6. The zero-order valence-corrected chi connectivity index (χ0v) is 44.6. The van der Waals surface area contributed by atoms with Gasteiger partial charge in [-0.2, -0.15) is 0 Å². The van der Waals surface area contributed by atoms with Crippen molar-refractivity contribution in [2.24, 2.45) is 0 Å². The highest BCUT2D eigenvalue weighted by Gasteiger charge is 2.19. The Morgan fingerprint density at radius 1 is 0.309 bits per heavy atom. The van der Waals surface area contributed by atoms with Gasteiger partial charge in [0.05, 0.1) is 0 Å². The van der Waals surface area contributed by atoms with Gasteiger partial charge in [0.15, 0.2) is 6.10 Å². The van der Waals surface area contributed by atoms with Gasteiger partial charge in [-0.1, -0.05) is 221 Å². The van der Waals surface area contributed by atoms with Crippen LogP contribution in [0.15, 0.2) is 85.1 Å². The van der Waals surface area contributed by atoms with Crippen molar-refractivity contribution in [3.05, 3.63) is 85.1 Å². The molecule has 0 aromatic heterocycles. The van der Waals surface area contributed by atoms with E-state index in [4.69, 9.17) is 14.2 Å². The van der Waals surface area contributed by atoms with Crippen molar-refractivity contribution < 1.29 is 28.6 Å². The lowest BCUT2D eigenvalue weighted by molar-refractivity contribution is -0.167. The van der Waals surface area contributed by atoms with E-state index in [1.165, 1.54) is 128 Å². The molecule has 6 nitrogen and oxygen atoms in total. The molecule has 0 aromatic carbocycles. The number of carbonyl (C=O) groups is 3. The summed E-state index contributed by atoms with van der Waals surface area (Å²) >= 11 is 0. The molecular weight excluding hydrogens is 841 g/mol. The predicted octanol–water partition coefficient (Wildman–Crippen LogP) is 19.2. The normalized spacial score (nSPS) is 12.7. The van der Waals surface area contributed by atoms with E-state index in [1.807, 2.05) is 0 Å². The van der Waals surface area contributed by atoms with Crippen molar-refractivity contribution in [1.29, 1.82) is 0 Å². The van der Waals surface area contributed by atoms with Crippen molar-refractivity contribution in [2.75, 3.05) is 13.2 Å². The maximum absolute atomic E-state index is 12.9. The Hall–Kier alpha value is -3.41. The summed E-state index contributed by atoms with van der Waals surface area (Å²) in [5.74, 6) is -0.931. The van der Waals surface area contributed by atoms with Gasteiger partial charge in [0, 0.05) is 19.3 Å². The molecule has 0 rings (SSSR count). The van der Waals surface area contributed by atoms with Crippen LogP contribution < -0.4 is 0 Å². The summed E-state index contributed by atoms with van der Waals surface area (Å²) in [7, 11) is 0. The summed E-state index contributed by atoms with van der Waals surface area (Å²) < 4.78 is 16.8. The van der Waals surface area contributed by atoms with E-state index in [1.54, 1.807) is 0 Å². The Morgan fingerprint density at radius 2 is 0.574 bits per heavy atom. The average molecular weight is 948 g/mol. The van der Waals surface area contributed by atoms with Crippen molar-refractivity contribution in [3.63, 3.8) is 0 Å². The van der Waals surface area contributed by atoms with Crippen LogP contribution in [0.2, 0.25) is 0 Å². The molecule has 390 valence electrons. The highest BCUT2D eigenvalue weighted by molar-refractivity contribution is 5.71. The van der Waals surface area contributed by atoms with E-state index in [0.717, 1.165) is 103 Å². The summed E-state index contributed by atoms with van der Waals surface area (Å²) in [5, 5.41) is 0. The average Bonchev–Trinajstić information content (AvgIpc) is 3.34. The topological polar surface area (TPSA) is 78.9 Å². The van der Waals surface area contributed by atoms with Crippen LogP contribution in [0.5, 0.6) is 0 Å². The molecule has 0 saturated heterocycles. The fourth-order valence-corrected chi connectivity index (χ4v) is 7.81. The monoisotopic (exact) mass is 947 g/mol. The van der Waals surface area contributed by atoms with Crippen molar-refractivity contribution >= 4 is 17.9 Å². The van der Waals surface area contributed by atoms with Crippen LogP contribution >= 0.6 is 0 Å². The Labute approximate surface area is 420 Å². The van der Waals surface area contributed by atoms with Crippen LogP contribution in [0.4, 0.5) is 0 Å². The molecule has 0 heterocycles. The van der Waals surface area contributed by atoms with E-state index < -0.39 is 6.10 Å². The van der Waals surface area contributed by atoms with E-state index >= 15 is 0 Å². The number of unbranched alkanes of at least 4 members (excludes halogenated alkanes) is 26. The molecule has 0 aliphatic rings. The zero-order chi connectivity index (χ0) is 49.3. The predicted molar refractivity (Wildman–Crippen MR) is 293 cm³/mol. The number of carbonyl (C=O) groups excluding carboxylic acids is 3. The first kappa shape index (κ1) is 64.6. The molecule has 0 spiro atoms. The Kier molecular flexibility index (Phi) is 53.4. The second-order valence-corrected chi connectivity index (χ2v) is 18.8. The summed E-state index contributed by atoms with van der Waals surface area (Å²) in [6.45, 7) is 6.47. The second-order valence-electron chi connectivity index (χ2n) is 18.8. The first-order valence-corrected chi connectivity index (χ1v) is 28.6. The lowest BCUT2D eigenvalue weighted by atomic mass is 10.1. The SMILES string of the molecule is CC/C=C\C/C=C\C/C=C\C/C=C\CCCCCC(=O)OCC(COC(=O)CCCCCCCCC/C=C\C/C=C\CCCCC)OC(=O)CCCCCCCCC/C=C\CCCCCCCC. The standard InChI is InChI=1S/C62H106O6/c1-4-7-10-13-16-19-22-25-28-31-34-37-40-43-46-49-52-55-61(64)67-58-59(57-66-60(63)54-51-48-45-42-39-36-33-30-27-24-21-18-15-12-9-6-3)68-62(65)56-53-50-47-44-41-38-35-32-29-26-23-20-17-14-11-8-5-2/h9,12,16,18-19,21,25-30,36,39,59H,4-8,10-11,13-15,17,20,22-24,31-35,37-38,40-58H2,1-3H3/b12-9-,19-16-,21-18-,28-25-,29-26-,30-27-,39-36-.